The number of hydrogen-bond acceptors (Lipinski definition) is 4. The van der Waals surface area contributed by atoms with Crippen LogP contribution in [0.4, 0.5) is 0 Å². The lowest BCUT2D eigenvalue weighted by Crippen LogP contribution is -2.23. The Hall–Kier alpha value is -2.66. The second-order valence-electron chi connectivity index (χ2n) is 5.53. The SMILES string of the molecule is O=c1[nH]cnc2c(O)cc(-c3ccc4c(c3)CNCC4)cc12. The molecule has 1 aromatic heterocycles. The summed E-state index contributed by atoms with van der Waals surface area (Å²) in [5, 5.41) is 13.9. The highest BCUT2D eigenvalue weighted by Gasteiger charge is 2.12. The summed E-state index contributed by atoms with van der Waals surface area (Å²) in [6.07, 6.45) is 2.33. The van der Waals surface area contributed by atoms with E-state index in [1.807, 2.05) is 6.07 Å². The fourth-order valence-electron chi connectivity index (χ4n) is 2.99. The third kappa shape index (κ3) is 2.07. The van der Waals surface area contributed by atoms with Crippen molar-refractivity contribution in [2.24, 2.45) is 0 Å². The quantitative estimate of drug-likeness (QED) is 0.641. The third-order valence-electron chi connectivity index (χ3n) is 4.15. The monoisotopic (exact) mass is 293 g/mol. The van der Waals surface area contributed by atoms with Crippen LogP contribution in [0, 0.1) is 0 Å². The molecule has 22 heavy (non-hydrogen) atoms. The number of hydrogen-bond donors (Lipinski definition) is 3. The zero-order valence-corrected chi connectivity index (χ0v) is 11.9. The second-order valence-corrected chi connectivity index (χ2v) is 5.53. The minimum atomic E-state index is -0.248. The van der Waals surface area contributed by atoms with Gasteiger partial charge in [-0.25, -0.2) is 4.98 Å². The summed E-state index contributed by atoms with van der Waals surface area (Å²) in [5.41, 5.74) is 4.50. The number of aromatic nitrogens is 2. The molecular weight excluding hydrogens is 278 g/mol. The molecule has 0 saturated heterocycles. The van der Waals surface area contributed by atoms with E-state index in [0.717, 1.165) is 30.6 Å². The number of nitrogens with one attached hydrogen (secondary N) is 2. The van der Waals surface area contributed by atoms with Crippen molar-refractivity contribution in [1.29, 1.82) is 0 Å². The van der Waals surface area contributed by atoms with Gasteiger partial charge in [0.25, 0.3) is 5.56 Å². The smallest absolute Gasteiger partial charge is 0.258 e. The van der Waals surface area contributed by atoms with E-state index in [1.54, 1.807) is 12.1 Å². The molecule has 4 rings (SSSR count). The lowest BCUT2D eigenvalue weighted by molar-refractivity contribution is 0.480. The maximum absolute atomic E-state index is 11.9. The van der Waals surface area contributed by atoms with Crippen LogP contribution in [0.2, 0.25) is 0 Å². The van der Waals surface area contributed by atoms with Gasteiger partial charge in [-0.1, -0.05) is 12.1 Å². The minimum absolute atomic E-state index is 0.0226. The van der Waals surface area contributed by atoms with Gasteiger partial charge in [0.05, 0.1) is 11.7 Å². The summed E-state index contributed by atoms with van der Waals surface area (Å²) in [4.78, 5) is 18.5. The first kappa shape index (κ1) is 13.0. The summed E-state index contributed by atoms with van der Waals surface area (Å²) in [6, 6.07) is 9.72. The molecule has 1 aliphatic rings. The highest BCUT2D eigenvalue weighted by Crippen LogP contribution is 2.30. The first-order chi connectivity index (χ1) is 10.7. The molecule has 0 unspecified atom stereocenters. The van der Waals surface area contributed by atoms with Gasteiger partial charge in [0.15, 0.2) is 0 Å². The topological polar surface area (TPSA) is 78.0 Å². The van der Waals surface area contributed by atoms with Crippen molar-refractivity contribution >= 4 is 10.9 Å². The molecule has 5 nitrogen and oxygen atoms in total. The van der Waals surface area contributed by atoms with Crippen molar-refractivity contribution in [2.45, 2.75) is 13.0 Å². The van der Waals surface area contributed by atoms with Crippen molar-refractivity contribution in [2.75, 3.05) is 6.54 Å². The van der Waals surface area contributed by atoms with E-state index < -0.39 is 0 Å². The van der Waals surface area contributed by atoms with Gasteiger partial charge in [0.2, 0.25) is 0 Å². The zero-order valence-electron chi connectivity index (χ0n) is 11.9. The van der Waals surface area contributed by atoms with Crippen LogP contribution >= 0.6 is 0 Å². The number of rotatable bonds is 1. The standard InChI is InChI=1S/C17H15N3O2/c21-15-7-12(6-14-16(15)19-9-20-17(14)22)11-2-1-10-3-4-18-8-13(10)5-11/h1-2,5-7,9,18,21H,3-4,8H2,(H,19,20,22). The maximum Gasteiger partial charge on any atom is 0.258 e. The Balaban J connectivity index is 1.91. The normalized spacial score (nSPS) is 14.0. The first-order valence-electron chi connectivity index (χ1n) is 7.26. The number of fused-ring (bicyclic) bond motifs is 2. The molecule has 0 bridgehead atoms. The van der Waals surface area contributed by atoms with Crippen molar-refractivity contribution in [3.05, 3.63) is 58.1 Å². The summed E-state index contributed by atoms with van der Waals surface area (Å²) in [6.45, 7) is 1.86. The van der Waals surface area contributed by atoms with Crippen molar-refractivity contribution in [1.82, 2.24) is 15.3 Å². The van der Waals surface area contributed by atoms with E-state index in [9.17, 15) is 9.90 Å². The number of phenolic OH excluding ortho intramolecular Hbond substituents is 1. The number of aromatic amines is 1. The summed E-state index contributed by atoms with van der Waals surface area (Å²) < 4.78 is 0. The number of nitrogens with zero attached hydrogens (tertiary/aromatic N) is 1. The second kappa shape index (κ2) is 4.96. The van der Waals surface area contributed by atoms with Crippen LogP contribution in [0.3, 0.4) is 0 Å². The highest BCUT2D eigenvalue weighted by molar-refractivity contribution is 5.88. The number of phenols is 1. The van der Waals surface area contributed by atoms with Crippen LogP contribution in [0.5, 0.6) is 5.75 Å². The van der Waals surface area contributed by atoms with Crippen LogP contribution in [0.25, 0.3) is 22.0 Å². The number of benzene rings is 2. The minimum Gasteiger partial charge on any atom is -0.506 e. The molecule has 0 spiro atoms. The van der Waals surface area contributed by atoms with Crippen LogP contribution in [0.15, 0.2) is 41.5 Å². The van der Waals surface area contributed by atoms with Gasteiger partial charge in [-0.3, -0.25) is 4.79 Å². The Morgan fingerprint density at radius 1 is 1.09 bits per heavy atom. The van der Waals surface area contributed by atoms with E-state index in [-0.39, 0.29) is 11.3 Å². The van der Waals surface area contributed by atoms with Gasteiger partial charge in [0, 0.05) is 6.54 Å². The molecule has 3 aromatic rings. The summed E-state index contributed by atoms with van der Waals surface area (Å²) in [7, 11) is 0. The average molecular weight is 293 g/mol. The highest BCUT2D eigenvalue weighted by atomic mass is 16.3. The predicted molar refractivity (Wildman–Crippen MR) is 84.9 cm³/mol. The fourth-order valence-corrected chi connectivity index (χ4v) is 2.99. The van der Waals surface area contributed by atoms with Crippen molar-refractivity contribution in [3.8, 4) is 16.9 Å². The van der Waals surface area contributed by atoms with Gasteiger partial charge in [-0.05, 0) is 53.4 Å². The lowest BCUT2D eigenvalue weighted by atomic mass is 9.95. The Bertz CT molecular complexity index is 931. The first-order valence-corrected chi connectivity index (χ1v) is 7.26. The molecule has 3 N–H and O–H groups in total. The number of aromatic hydroxyl groups is 1. The van der Waals surface area contributed by atoms with Crippen molar-refractivity contribution < 1.29 is 5.11 Å². The van der Waals surface area contributed by atoms with Gasteiger partial charge in [-0.15, -0.1) is 0 Å². The van der Waals surface area contributed by atoms with Crippen LogP contribution in [-0.4, -0.2) is 21.6 Å². The molecule has 1 aliphatic heterocycles. The summed E-state index contributed by atoms with van der Waals surface area (Å²) >= 11 is 0. The van der Waals surface area contributed by atoms with E-state index in [2.05, 4.69) is 27.4 Å². The number of H-pyrrole nitrogens is 1. The molecule has 0 fully saturated rings. The van der Waals surface area contributed by atoms with Gasteiger partial charge < -0.3 is 15.4 Å². The molecule has 0 saturated carbocycles. The molecule has 2 heterocycles. The molecular formula is C17H15N3O2. The molecule has 110 valence electrons. The van der Waals surface area contributed by atoms with Gasteiger partial charge in [-0.2, -0.15) is 0 Å². The van der Waals surface area contributed by atoms with Crippen LogP contribution in [0.1, 0.15) is 11.1 Å². The van der Waals surface area contributed by atoms with E-state index in [4.69, 9.17) is 0 Å². The molecule has 0 amide bonds. The lowest BCUT2D eigenvalue weighted by Gasteiger charge is -2.18. The third-order valence-corrected chi connectivity index (χ3v) is 4.15. The predicted octanol–water partition coefficient (Wildman–Crippen LogP) is 1.94. The summed E-state index contributed by atoms with van der Waals surface area (Å²) in [5.74, 6) is 0.0226. The molecule has 0 radical (unpaired) electrons. The molecule has 0 atom stereocenters. The van der Waals surface area contributed by atoms with Crippen LogP contribution < -0.4 is 10.9 Å². The molecule has 5 heteroatoms. The van der Waals surface area contributed by atoms with Crippen LogP contribution in [-0.2, 0) is 13.0 Å². The van der Waals surface area contributed by atoms with E-state index >= 15 is 0 Å². The van der Waals surface area contributed by atoms with Crippen molar-refractivity contribution in [3.63, 3.8) is 0 Å². The Kier molecular flexibility index (Phi) is 2.94. The van der Waals surface area contributed by atoms with Gasteiger partial charge in [0.1, 0.15) is 11.3 Å². The Labute approximate surface area is 126 Å². The molecule has 2 aromatic carbocycles. The Morgan fingerprint density at radius 3 is 2.91 bits per heavy atom. The van der Waals surface area contributed by atoms with E-state index in [1.165, 1.54) is 17.5 Å². The van der Waals surface area contributed by atoms with Gasteiger partial charge >= 0.3 is 0 Å². The average Bonchev–Trinajstić information content (AvgIpc) is 2.55. The zero-order chi connectivity index (χ0) is 15.1. The fraction of sp³-hybridized carbons (Fsp3) is 0.176. The van der Waals surface area contributed by atoms with E-state index in [0.29, 0.717) is 10.9 Å². The molecule has 0 aliphatic carbocycles. The largest absolute Gasteiger partial charge is 0.506 e. The maximum atomic E-state index is 11.9. The Morgan fingerprint density at radius 2 is 2.00 bits per heavy atom.